The summed E-state index contributed by atoms with van der Waals surface area (Å²) in [6, 6.07) is 1.76. The zero-order valence-electron chi connectivity index (χ0n) is 7.40. The van der Waals surface area contributed by atoms with Crippen LogP contribution in [0.3, 0.4) is 0 Å². The van der Waals surface area contributed by atoms with E-state index in [0.717, 1.165) is 6.07 Å². The summed E-state index contributed by atoms with van der Waals surface area (Å²) < 4.78 is 26.1. The molecule has 1 heterocycles. The van der Waals surface area contributed by atoms with Crippen molar-refractivity contribution in [1.29, 1.82) is 0 Å². The van der Waals surface area contributed by atoms with Crippen LogP contribution in [0.5, 0.6) is 0 Å². The first-order chi connectivity index (χ1) is 6.43. The van der Waals surface area contributed by atoms with Crippen molar-refractivity contribution < 1.29 is 13.6 Å². The standard InChI is InChI=1S/C9H8F2N2O/c1-9(12)7-5(11)2-4(10)3-6(7)13-8(9)14/h2-3H,12H2,1H3,(H,13,14). The molecule has 5 heteroatoms. The third kappa shape index (κ3) is 1.02. The van der Waals surface area contributed by atoms with E-state index in [1.54, 1.807) is 0 Å². The summed E-state index contributed by atoms with van der Waals surface area (Å²) in [5.41, 5.74) is 4.31. The number of fused-ring (bicyclic) bond motifs is 1. The van der Waals surface area contributed by atoms with Crippen molar-refractivity contribution in [1.82, 2.24) is 0 Å². The molecule has 1 aromatic carbocycles. The van der Waals surface area contributed by atoms with E-state index in [4.69, 9.17) is 5.73 Å². The average Bonchev–Trinajstić information content (AvgIpc) is 2.21. The molecule has 1 amide bonds. The predicted molar refractivity (Wildman–Crippen MR) is 46.5 cm³/mol. The maximum Gasteiger partial charge on any atom is 0.248 e. The van der Waals surface area contributed by atoms with Crippen LogP contribution in [0.15, 0.2) is 12.1 Å². The number of hydrogen-bond acceptors (Lipinski definition) is 2. The van der Waals surface area contributed by atoms with Crippen LogP contribution in [0.25, 0.3) is 0 Å². The molecule has 3 nitrogen and oxygen atoms in total. The molecule has 0 saturated heterocycles. The van der Waals surface area contributed by atoms with Crippen LogP contribution in [-0.4, -0.2) is 5.91 Å². The smallest absolute Gasteiger partial charge is 0.248 e. The monoisotopic (exact) mass is 198 g/mol. The van der Waals surface area contributed by atoms with Gasteiger partial charge in [-0.2, -0.15) is 0 Å². The van der Waals surface area contributed by atoms with Crippen molar-refractivity contribution in [3.63, 3.8) is 0 Å². The lowest BCUT2D eigenvalue weighted by atomic mass is 9.94. The first-order valence-corrected chi connectivity index (χ1v) is 4.03. The van der Waals surface area contributed by atoms with E-state index in [1.807, 2.05) is 0 Å². The van der Waals surface area contributed by atoms with Gasteiger partial charge in [-0.1, -0.05) is 0 Å². The van der Waals surface area contributed by atoms with E-state index >= 15 is 0 Å². The highest BCUT2D eigenvalue weighted by atomic mass is 19.1. The second-order valence-electron chi connectivity index (χ2n) is 3.47. The molecule has 1 unspecified atom stereocenters. The van der Waals surface area contributed by atoms with Gasteiger partial charge < -0.3 is 11.1 Å². The minimum Gasteiger partial charge on any atom is -0.324 e. The lowest BCUT2D eigenvalue weighted by Gasteiger charge is -2.15. The van der Waals surface area contributed by atoms with Crippen LogP contribution in [-0.2, 0) is 10.3 Å². The fraction of sp³-hybridized carbons (Fsp3) is 0.222. The van der Waals surface area contributed by atoms with Gasteiger partial charge in [0.25, 0.3) is 0 Å². The molecule has 3 N–H and O–H groups in total. The molecular formula is C9H8F2N2O. The molecular weight excluding hydrogens is 190 g/mol. The average molecular weight is 198 g/mol. The van der Waals surface area contributed by atoms with Gasteiger partial charge in [0.15, 0.2) is 0 Å². The number of nitrogens with one attached hydrogen (secondary N) is 1. The number of nitrogens with two attached hydrogens (primary N) is 1. The minimum atomic E-state index is -1.42. The third-order valence-corrected chi connectivity index (χ3v) is 2.29. The van der Waals surface area contributed by atoms with Crippen molar-refractivity contribution in [3.05, 3.63) is 29.3 Å². The first kappa shape index (κ1) is 9.08. The first-order valence-electron chi connectivity index (χ1n) is 4.03. The Morgan fingerprint density at radius 1 is 1.43 bits per heavy atom. The van der Waals surface area contributed by atoms with E-state index < -0.39 is 23.1 Å². The third-order valence-electron chi connectivity index (χ3n) is 2.29. The Kier molecular flexibility index (Phi) is 1.63. The molecule has 0 aromatic heterocycles. The number of rotatable bonds is 0. The second-order valence-corrected chi connectivity index (χ2v) is 3.47. The summed E-state index contributed by atoms with van der Waals surface area (Å²) in [4.78, 5) is 11.3. The molecule has 0 radical (unpaired) electrons. The predicted octanol–water partition coefficient (Wildman–Crippen LogP) is 1.09. The van der Waals surface area contributed by atoms with Gasteiger partial charge in [0.05, 0.1) is 5.69 Å². The number of halogens is 2. The van der Waals surface area contributed by atoms with Gasteiger partial charge in [0.2, 0.25) is 5.91 Å². The highest BCUT2D eigenvalue weighted by molar-refractivity contribution is 6.05. The highest BCUT2D eigenvalue weighted by Crippen LogP contribution is 2.36. The Balaban J connectivity index is 2.71. The summed E-state index contributed by atoms with van der Waals surface area (Å²) in [5.74, 6) is -2.07. The highest BCUT2D eigenvalue weighted by Gasteiger charge is 2.41. The topological polar surface area (TPSA) is 55.1 Å². The number of amides is 1. The van der Waals surface area contributed by atoms with Crippen molar-refractivity contribution >= 4 is 11.6 Å². The number of anilines is 1. The molecule has 0 saturated carbocycles. The Morgan fingerprint density at radius 3 is 2.71 bits per heavy atom. The van der Waals surface area contributed by atoms with Gasteiger partial charge in [-0.15, -0.1) is 0 Å². The molecule has 1 atom stereocenters. The molecule has 1 aliphatic rings. The fourth-order valence-electron chi connectivity index (χ4n) is 1.57. The summed E-state index contributed by atoms with van der Waals surface area (Å²) in [6.45, 7) is 1.38. The Labute approximate surface area is 78.9 Å². The SMILES string of the molecule is CC1(N)C(=O)Nc2cc(F)cc(F)c21. The molecule has 0 aliphatic carbocycles. The Morgan fingerprint density at radius 2 is 2.07 bits per heavy atom. The summed E-state index contributed by atoms with van der Waals surface area (Å²) >= 11 is 0. The fourth-order valence-corrected chi connectivity index (χ4v) is 1.57. The van der Waals surface area contributed by atoms with E-state index in [0.29, 0.717) is 6.07 Å². The zero-order valence-corrected chi connectivity index (χ0v) is 7.40. The van der Waals surface area contributed by atoms with Crippen molar-refractivity contribution in [3.8, 4) is 0 Å². The van der Waals surface area contributed by atoms with Crippen LogP contribution in [0.4, 0.5) is 14.5 Å². The quantitative estimate of drug-likeness (QED) is 0.655. The van der Waals surface area contributed by atoms with Gasteiger partial charge in [-0.05, 0) is 13.0 Å². The molecule has 0 spiro atoms. The van der Waals surface area contributed by atoms with Crippen LogP contribution in [0.1, 0.15) is 12.5 Å². The molecule has 0 bridgehead atoms. The van der Waals surface area contributed by atoms with Gasteiger partial charge >= 0.3 is 0 Å². The second kappa shape index (κ2) is 2.51. The molecule has 1 aliphatic heterocycles. The zero-order chi connectivity index (χ0) is 10.5. The van der Waals surface area contributed by atoms with E-state index in [-0.39, 0.29) is 11.3 Å². The molecule has 1 aromatic rings. The van der Waals surface area contributed by atoms with Crippen molar-refractivity contribution in [2.75, 3.05) is 5.32 Å². The van der Waals surface area contributed by atoms with Crippen LogP contribution in [0.2, 0.25) is 0 Å². The maximum absolute atomic E-state index is 13.3. The number of carbonyl (C=O) groups excluding carboxylic acids is 1. The molecule has 0 fully saturated rings. The molecule has 74 valence electrons. The lowest BCUT2D eigenvalue weighted by Crippen LogP contribution is -2.40. The normalized spacial score (nSPS) is 24.7. The number of hydrogen-bond donors (Lipinski definition) is 2. The maximum atomic E-state index is 13.3. The van der Waals surface area contributed by atoms with Crippen molar-refractivity contribution in [2.45, 2.75) is 12.5 Å². The van der Waals surface area contributed by atoms with E-state index in [1.165, 1.54) is 6.92 Å². The Hall–Kier alpha value is -1.49. The van der Waals surface area contributed by atoms with Gasteiger partial charge in [-0.25, -0.2) is 8.78 Å². The molecule has 2 rings (SSSR count). The minimum absolute atomic E-state index is 0.0175. The van der Waals surface area contributed by atoms with Gasteiger partial charge in [0.1, 0.15) is 17.2 Å². The summed E-state index contributed by atoms with van der Waals surface area (Å²) in [7, 11) is 0. The van der Waals surface area contributed by atoms with E-state index in [9.17, 15) is 13.6 Å². The van der Waals surface area contributed by atoms with Crippen molar-refractivity contribution in [2.24, 2.45) is 5.73 Å². The lowest BCUT2D eigenvalue weighted by molar-refractivity contribution is -0.120. The molecule has 14 heavy (non-hydrogen) atoms. The number of carbonyl (C=O) groups is 1. The number of benzene rings is 1. The van der Waals surface area contributed by atoms with Crippen LogP contribution in [0, 0.1) is 11.6 Å². The largest absolute Gasteiger partial charge is 0.324 e. The van der Waals surface area contributed by atoms with Gasteiger partial charge in [-0.3, -0.25) is 4.79 Å². The summed E-state index contributed by atoms with van der Waals surface area (Å²) in [6.07, 6.45) is 0. The Bertz CT molecular complexity index is 429. The van der Waals surface area contributed by atoms with E-state index in [2.05, 4.69) is 5.32 Å². The summed E-state index contributed by atoms with van der Waals surface area (Å²) in [5, 5.41) is 2.33. The van der Waals surface area contributed by atoms with Crippen LogP contribution < -0.4 is 11.1 Å². The van der Waals surface area contributed by atoms with Crippen LogP contribution >= 0.6 is 0 Å². The van der Waals surface area contributed by atoms with Gasteiger partial charge in [0, 0.05) is 11.6 Å².